The third-order valence-electron chi connectivity index (χ3n) is 4.18. The molecule has 2 aromatic carbocycles. The number of carbonyl (C=O) groups is 1. The van der Waals surface area contributed by atoms with Gasteiger partial charge >= 0.3 is 5.97 Å². The van der Waals surface area contributed by atoms with Gasteiger partial charge in [0, 0.05) is 23.9 Å². The molecule has 0 saturated carbocycles. The Balaban J connectivity index is 2.08. The maximum atomic E-state index is 12.9. The fourth-order valence-electron chi connectivity index (χ4n) is 2.93. The van der Waals surface area contributed by atoms with Gasteiger partial charge in [-0.2, -0.15) is 4.31 Å². The van der Waals surface area contributed by atoms with Crippen molar-refractivity contribution < 1.29 is 23.1 Å². The summed E-state index contributed by atoms with van der Waals surface area (Å²) >= 11 is 0. The van der Waals surface area contributed by atoms with Gasteiger partial charge in [0.1, 0.15) is 5.75 Å². The maximum Gasteiger partial charge on any atom is 0.307 e. The van der Waals surface area contributed by atoms with Crippen LogP contribution in [-0.2, 0) is 14.8 Å². The summed E-state index contributed by atoms with van der Waals surface area (Å²) in [6.45, 7) is 0.234. The minimum absolute atomic E-state index is 0.0119. The largest absolute Gasteiger partial charge is 0.496 e. The lowest BCUT2D eigenvalue weighted by Gasteiger charge is -2.18. The molecule has 0 amide bonds. The van der Waals surface area contributed by atoms with Gasteiger partial charge in [-0.25, -0.2) is 8.42 Å². The molecular formula is C16H17NO5S. The predicted molar refractivity (Wildman–Crippen MR) is 85.0 cm³/mol. The Morgan fingerprint density at radius 1 is 1.22 bits per heavy atom. The van der Waals surface area contributed by atoms with Crippen molar-refractivity contribution in [3.05, 3.63) is 36.4 Å². The summed E-state index contributed by atoms with van der Waals surface area (Å²) in [7, 11) is -2.21. The van der Waals surface area contributed by atoms with Gasteiger partial charge in [0.25, 0.3) is 0 Å². The van der Waals surface area contributed by atoms with Gasteiger partial charge in [-0.15, -0.1) is 0 Å². The molecule has 0 spiro atoms. The SMILES string of the molecule is COc1ccc(S(=O)(=O)N2CCC(C(=O)O)C2)c2ccccc12. The molecule has 1 fully saturated rings. The average Bonchev–Trinajstić information content (AvgIpc) is 3.04. The number of nitrogens with zero attached hydrogens (tertiary/aromatic N) is 1. The Morgan fingerprint density at radius 2 is 1.91 bits per heavy atom. The molecule has 2 aromatic rings. The van der Waals surface area contributed by atoms with Gasteiger partial charge in [-0.05, 0) is 18.6 Å². The number of fused-ring (bicyclic) bond motifs is 1. The van der Waals surface area contributed by atoms with Gasteiger partial charge in [-0.1, -0.05) is 24.3 Å². The van der Waals surface area contributed by atoms with Crippen molar-refractivity contribution in [2.24, 2.45) is 5.92 Å². The number of benzene rings is 2. The van der Waals surface area contributed by atoms with Crippen molar-refractivity contribution in [3.63, 3.8) is 0 Å². The molecule has 1 N–H and O–H groups in total. The summed E-state index contributed by atoms with van der Waals surface area (Å²) in [5.41, 5.74) is 0. The molecule has 6 nitrogen and oxygen atoms in total. The zero-order valence-electron chi connectivity index (χ0n) is 12.6. The molecule has 0 bridgehead atoms. The number of carboxylic acids is 1. The van der Waals surface area contributed by atoms with E-state index < -0.39 is 21.9 Å². The second-order valence-electron chi connectivity index (χ2n) is 5.50. The Morgan fingerprint density at radius 3 is 2.52 bits per heavy atom. The van der Waals surface area contributed by atoms with Gasteiger partial charge < -0.3 is 9.84 Å². The highest BCUT2D eigenvalue weighted by Crippen LogP contribution is 2.33. The first kappa shape index (κ1) is 15.8. The van der Waals surface area contributed by atoms with E-state index in [1.807, 2.05) is 6.07 Å². The van der Waals surface area contributed by atoms with Crippen LogP contribution in [0.1, 0.15) is 6.42 Å². The number of hydrogen-bond donors (Lipinski definition) is 1. The van der Waals surface area contributed by atoms with E-state index in [-0.39, 0.29) is 18.0 Å². The molecule has 1 atom stereocenters. The summed E-state index contributed by atoms with van der Waals surface area (Å²) < 4.78 is 32.3. The number of carboxylic acid groups (broad SMARTS) is 1. The van der Waals surface area contributed by atoms with Crippen LogP contribution in [-0.4, -0.2) is 44.0 Å². The maximum absolute atomic E-state index is 12.9. The first-order chi connectivity index (χ1) is 10.9. The summed E-state index contributed by atoms with van der Waals surface area (Å²) in [6.07, 6.45) is 0.336. The molecule has 1 unspecified atom stereocenters. The zero-order valence-corrected chi connectivity index (χ0v) is 13.4. The van der Waals surface area contributed by atoms with Crippen molar-refractivity contribution in [2.75, 3.05) is 20.2 Å². The lowest BCUT2D eigenvalue weighted by molar-refractivity contribution is -0.141. The third-order valence-corrected chi connectivity index (χ3v) is 6.11. The highest BCUT2D eigenvalue weighted by molar-refractivity contribution is 7.89. The molecule has 1 saturated heterocycles. The smallest absolute Gasteiger partial charge is 0.307 e. The zero-order chi connectivity index (χ0) is 16.6. The molecule has 122 valence electrons. The van der Waals surface area contributed by atoms with Crippen LogP contribution in [0.3, 0.4) is 0 Å². The predicted octanol–water partition coefficient (Wildman–Crippen LogP) is 1.94. The van der Waals surface area contributed by atoms with E-state index in [1.54, 1.807) is 24.3 Å². The highest BCUT2D eigenvalue weighted by atomic mass is 32.2. The van der Waals surface area contributed by atoms with Crippen LogP contribution in [0, 0.1) is 5.92 Å². The second kappa shape index (κ2) is 5.82. The average molecular weight is 335 g/mol. The topological polar surface area (TPSA) is 83.9 Å². The number of aliphatic carboxylic acids is 1. The van der Waals surface area contributed by atoms with E-state index >= 15 is 0 Å². The summed E-state index contributed by atoms with van der Waals surface area (Å²) in [5.74, 6) is -0.999. The number of hydrogen-bond acceptors (Lipinski definition) is 4. The van der Waals surface area contributed by atoms with Crippen molar-refractivity contribution in [2.45, 2.75) is 11.3 Å². The number of sulfonamides is 1. The fraction of sp³-hybridized carbons (Fsp3) is 0.312. The Bertz CT molecular complexity index is 862. The minimum Gasteiger partial charge on any atom is -0.496 e. The lowest BCUT2D eigenvalue weighted by atomic mass is 10.1. The van der Waals surface area contributed by atoms with E-state index in [4.69, 9.17) is 9.84 Å². The number of methoxy groups -OCH3 is 1. The molecule has 0 radical (unpaired) electrons. The molecule has 0 aromatic heterocycles. The van der Waals surface area contributed by atoms with E-state index in [1.165, 1.54) is 17.5 Å². The summed E-state index contributed by atoms with van der Waals surface area (Å²) in [4.78, 5) is 11.2. The number of ether oxygens (including phenoxy) is 1. The Kier molecular flexibility index (Phi) is 3.99. The van der Waals surface area contributed by atoms with E-state index in [9.17, 15) is 13.2 Å². The van der Waals surface area contributed by atoms with E-state index in [0.717, 1.165) is 0 Å². The van der Waals surface area contributed by atoms with Crippen LogP contribution in [0.5, 0.6) is 5.75 Å². The van der Waals surface area contributed by atoms with Crippen molar-refractivity contribution in [1.29, 1.82) is 0 Å². The number of rotatable bonds is 4. The minimum atomic E-state index is -3.74. The summed E-state index contributed by atoms with van der Waals surface area (Å²) in [6, 6.07) is 10.3. The van der Waals surface area contributed by atoms with Crippen LogP contribution < -0.4 is 4.74 Å². The van der Waals surface area contributed by atoms with E-state index in [2.05, 4.69) is 0 Å². The van der Waals surface area contributed by atoms with E-state index in [0.29, 0.717) is 22.9 Å². The first-order valence-corrected chi connectivity index (χ1v) is 8.68. The first-order valence-electron chi connectivity index (χ1n) is 7.24. The van der Waals surface area contributed by atoms with Gasteiger partial charge in [0.2, 0.25) is 10.0 Å². The third kappa shape index (κ3) is 2.66. The molecule has 3 rings (SSSR count). The molecule has 1 heterocycles. The standard InChI is InChI=1S/C16H17NO5S/c1-22-14-6-7-15(13-5-3-2-4-12(13)14)23(20,21)17-9-8-11(10-17)16(18)19/h2-7,11H,8-10H2,1H3,(H,18,19). The molecule has 23 heavy (non-hydrogen) atoms. The summed E-state index contributed by atoms with van der Waals surface area (Å²) in [5, 5.41) is 10.4. The van der Waals surface area contributed by atoms with Crippen LogP contribution in [0.25, 0.3) is 10.8 Å². The van der Waals surface area contributed by atoms with Gasteiger partial charge in [0.05, 0.1) is 17.9 Å². The molecular weight excluding hydrogens is 318 g/mol. The van der Waals surface area contributed by atoms with Crippen molar-refractivity contribution in [3.8, 4) is 5.75 Å². The molecule has 1 aliphatic heterocycles. The van der Waals surface area contributed by atoms with Crippen molar-refractivity contribution in [1.82, 2.24) is 4.31 Å². The van der Waals surface area contributed by atoms with Gasteiger partial charge in [0.15, 0.2) is 0 Å². The molecule has 0 aliphatic carbocycles. The Hall–Kier alpha value is -2.12. The van der Waals surface area contributed by atoms with Crippen LogP contribution >= 0.6 is 0 Å². The lowest BCUT2D eigenvalue weighted by Crippen LogP contribution is -2.30. The second-order valence-corrected chi connectivity index (χ2v) is 7.40. The molecule has 1 aliphatic rings. The van der Waals surface area contributed by atoms with Gasteiger partial charge in [-0.3, -0.25) is 4.79 Å². The van der Waals surface area contributed by atoms with Crippen LogP contribution in [0.15, 0.2) is 41.3 Å². The Labute approximate surface area is 134 Å². The highest BCUT2D eigenvalue weighted by Gasteiger charge is 2.36. The molecule has 7 heteroatoms. The quantitative estimate of drug-likeness (QED) is 0.923. The van der Waals surface area contributed by atoms with Crippen molar-refractivity contribution >= 4 is 26.8 Å². The van der Waals surface area contributed by atoms with Crippen LogP contribution in [0.4, 0.5) is 0 Å². The monoisotopic (exact) mass is 335 g/mol. The van der Waals surface area contributed by atoms with Crippen LogP contribution in [0.2, 0.25) is 0 Å². The fourth-order valence-corrected chi connectivity index (χ4v) is 4.63. The normalized spacial score (nSPS) is 19.1.